The van der Waals surface area contributed by atoms with Crippen molar-refractivity contribution in [2.24, 2.45) is 0 Å². The summed E-state index contributed by atoms with van der Waals surface area (Å²) in [6.45, 7) is 8.36. The predicted octanol–water partition coefficient (Wildman–Crippen LogP) is 1.22. The Morgan fingerprint density at radius 1 is 1.29 bits per heavy atom. The molecule has 0 radical (unpaired) electrons. The lowest BCUT2D eigenvalue weighted by molar-refractivity contribution is 0.122. The Kier molecular flexibility index (Phi) is 5.96. The molecule has 1 aromatic heterocycles. The number of hydrogen-bond donors (Lipinski definition) is 0. The van der Waals surface area contributed by atoms with Crippen LogP contribution in [0, 0.1) is 0 Å². The third kappa shape index (κ3) is 4.39. The van der Waals surface area contributed by atoms with Crippen LogP contribution in [-0.2, 0) is 9.47 Å². The van der Waals surface area contributed by atoms with Crippen molar-refractivity contribution in [1.82, 2.24) is 15.0 Å². The minimum atomic E-state index is 0.213. The third-order valence-electron chi connectivity index (χ3n) is 3.29. The Labute approximate surface area is 130 Å². The predicted molar refractivity (Wildman–Crippen MR) is 82.2 cm³/mol. The van der Waals surface area contributed by atoms with Gasteiger partial charge in [-0.2, -0.15) is 15.0 Å². The van der Waals surface area contributed by atoms with E-state index >= 15 is 0 Å². The third-order valence-corrected chi connectivity index (χ3v) is 3.46. The van der Waals surface area contributed by atoms with E-state index in [1.807, 2.05) is 0 Å². The van der Waals surface area contributed by atoms with Crippen LogP contribution in [0.5, 0.6) is 0 Å². The summed E-state index contributed by atoms with van der Waals surface area (Å²) in [5.41, 5.74) is 0. The molecule has 0 unspecified atom stereocenters. The summed E-state index contributed by atoms with van der Waals surface area (Å²) in [6.07, 6.45) is 0. The molecule has 1 saturated heterocycles. The van der Waals surface area contributed by atoms with Crippen LogP contribution in [0.4, 0.5) is 11.9 Å². The number of aromatic nitrogens is 3. The van der Waals surface area contributed by atoms with Gasteiger partial charge in [0.2, 0.25) is 17.2 Å². The number of halogens is 1. The molecule has 1 fully saturated rings. The topological polar surface area (TPSA) is 63.6 Å². The van der Waals surface area contributed by atoms with E-state index in [-0.39, 0.29) is 11.3 Å². The van der Waals surface area contributed by atoms with E-state index in [1.54, 1.807) is 7.11 Å². The molecule has 0 aromatic carbocycles. The summed E-state index contributed by atoms with van der Waals surface area (Å²) in [5.74, 6) is 1.19. The van der Waals surface area contributed by atoms with Gasteiger partial charge >= 0.3 is 0 Å². The van der Waals surface area contributed by atoms with Gasteiger partial charge in [-0.15, -0.1) is 0 Å². The highest BCUT2D eigenvalue weighted by Gasteiger charge is 2.20. The van der Waals surface area contributed by atoms with Gasteiger partial charge in [0.05, 0.1) is 19.8 Å². The van der Waals surface area contributed by atoms with Crippen LogP contribution in [0.15, 0.2) is 0 Å². The Morgan fingerprint density at radius 2 is 2.00 bits per heavy atom. The molecule has 2 heterocycles. The minimum Gasteiger partial charge on any atom is -0.383 e. The number of methoxy groups -OCH3 is 1. The molecular weight excluding hydrogens is 294 g/mol. The van der Waals surface area contributed by atoms with Gasteiger partial charge in [0.25, 0.3) is 0 Å². The summed E-state index contributed by atoms with van der Waals surface area (Å²) < 4.78 is 10.5. The second-order valence-electron chi connectivity index (χ2n) is 5.08. The first-order valence-corrected chi connectivity index (χ1v) is 7.49. The smallest absolute Gasteiger partial charge is 0.231 e. The standard InChI is InChI=1S/C13H22ClN5O2/c1-10(2)19(6-7-20-3)13-16-11(14)15-12(17-13)18-4-8-21-9-5-18/h10H,4-9H2,1-3H3. The lowest BCUT2D eigenvalue weighted by Crippen LogP contribution is -2.39. The van der Waals surface area contributed by atoms with Crippen LogP contribution in [-0.4, -0.2) is 67.6 Å². The van der Waals surface area contributed by atoms with Crippen molar-refractivity contribution in [3.63, 3.8) is 0 Å². The maximum Gasteiger partial charge on any atom is 0.231 e. The summed E-state index contributed by atoms with van der Waals surface area (Å²) in [4.78, 5) is 17.2. The van der Waals surface area contributed by atoms with Gasteiger partial charge in [0.1, 0.15) is 0 Å². The van der Waals surface area contributed by atoms with Crippen LogP contribution in [0.1, 0.15) is 13.8 Å². The van der Waals surface area contributed by atoms with Gasteiger partial charge < -0.3 is 19.3 Å². The Bertz CT molecular complexity index is 454. The summed E-state index contributed by atoms with van der Waals surface area (Å²) in [5, 5.41) is 0.213. The average Bonchev–Trinajstić information content (AvgIpc) is 2.48. The molecule has 1 aliphatic heterocycles. The molecule has 118 valence electrons. The highest BCUT2D eigenvalue weighted by molar-refractivity contribution is 6.28. The molecule has 0 saturated carbocycles. The van der Waals surface area contributed by atoms with E-state index in [9.17, 15) is 0 Å². The van der Waals surface area contributed by atoms with E-state index in [2.05, 4.69) is 38.6 Å². The second kappa shape index (κ2) is 7.72. The van der Waals surface area contributed by atoms with Crippen molar-refractivity contribution in [2.75, 3.05) is 56.4 Å². The maximum absolute atomic E-state index is 6.07. The summed E-state index contributed by atoms with van der Waals surface area (Å²) >= 11 is 6.07. The highest BCUT2D eigenvalue weighted by Crippen LogP contribution is 2.19. The zero-order valence-electron chi connectivity index (χ0n) is 12.8. The first kappa shape index (κ1) is 16.2. The zero-order valence-corrected chi connectivity index (χ0v) is 13.5. The van der Waals surface area contributed by atoms with Gasteiger partial charge in [0.15, 0.2) is 0 Å². The van der Waals surface area contributed by atoms with Crippen molar-refractivity contribution in [1.29, 1.82) is 0 Å². The molecule has 2 rings (SSSR count). The fourth-order valence-electron chi connectivity index (χ4n) is 2.14. The number of rotatable bonds is 6. The van der Waals surface area contributed by atoms with Crippen molar-refractivity contribution in [3.8, 4) is 0 Å². The van der Waals surface area contributed by atoms with Gasteiger partial charge in [-0.05, 0) is 25.4 Å². The monoisotopic (exact) mass is 315 g/mol. The van der Waals surface area contributed by atoms with Crippen LogP contribution in [0.2, 0.25) is 5.28 Å². The molecule has 7 nitrogen and oxygen atoms in total. The fourth-order valence-corrected chi connectivity index (χ4v) is 2.29. The van der Waals surface area contributed by atoms with E-state index in [1.165, 1.54) is 0 Å². The Balaban J connectivity index is 2.23. The molecule has 0 spiro atoms. The van der Waals surface area contributed by atoms with Crippen molar-refractivity contribution in [3.05, 3.63) is 5.28 Å². The Morgan fingerprint density at radius 3 is 2.62 bits per heavy atom. The minimum absolute atomic E-state index is 0.213. The summed E-state index contributed by atoms with van der Waals surface area (Å²) in [7, 11) is 1.68. The quantitative estimate of drug-likeness (QED) is 0.782. The number of nitrogens with zero attached hydrogens (tertiary/aromatic N) is 5. The largest absolute Gasteiger partial charge is 0.383 e. The molecule has 0 bridgehead atoms. The Hall–Kier alpha value is -1.18. The van der Waals surface area contributed by atoms with E-state index in [0.29, 0.717) is 38.3 Å². The normalized spacial score (nSPS) is 15.6. The molecule has 8 heteroatoms. The van der Waals surface area contributed by atoms with Crippen molar-refractivity contribution < 1.29 is 9.47 Å². The molecule has 1 aliphatic rings. The lowest BCUT2D eigenvalue weighted by Gasteiger charge is -2.29. The van der Waals surface area contributed by atoms with Crippen molar-refractivity contribution in [2.45, 2.75) is 19.9 Å². The van der Waals surface area contributed by atoms with Crippen LogP contribution < -0.4 is 9.80 Å². The van der Waals surface area contributed by atoms with Crippen molar-refractivity contribution >= 4 is 23.5 Å². The average molecular weight is 316 g/mol. The number of hydrogen-bond acceptors (Lipinski definition) is 7. The molecule has 21 heavy (non-hydrogen) atoms. The molecule has 0 N–H and O–H groups in total. The van der Waals surface area contributed by atoms with Crippen LogP contribution >= 0.6 is 11.6 Å². The van der Waals surface area contributed by atoms with E-state index in [4.69, 9.17) is 21.1 Å². The SMILES string of the molecule is COCCN(c1nc(Cl)nc(N2CCOCC2)n1)C(C)C. The second-order valence-corrected chi connectivity index (χ2v) is 5.42. The number of anilines is 2. The van der Waals surface area contributed by atoms with Gasteiger partial charge in [-0.1, -0.05) is 0 Å². The maximum atomic E-state index is 6.07. The first-order valence-electron chi connectivity index (χ1n) is 7.11. The summed E-state index contributed by atoms with van der Waals surface area (Å²) in [6, 6.07) is 0.246. The van der Waals surface area contributed by atoms with Gasteiger partial charge in [-0.3, -0.25) is 0 Å². The number of ether oxygens (including phenoxy) is 2. The molecule has 0 atom stereocenters. The molecule has 0 aliphatic carbocycles. The highest BCUT2D eigenvalue weighted by atomic mass is 35.5. The molecule has 1 aromatic rings. The zero-order chi connectivity index (χ0) is 15.2. The molecular formula is C13H22ClN5O2. The van der Waals surface area contributed by atoms with Gasteiger partial charge in [0, 0.05) is 32.8 Å². The fraction of sp³-hybridized carbons (Fsp3) is 0.769. The van der Waals surface area contributed by atoms with E-state index in [0.717, 1.165) is 13.1 Å². The molecule has 0 amide bonds. The van der Waals surface area contributed by atoms with E-state index < -0.39 is 0 Å². The van der Waals surface area contributed by atoms with Crippen LogP contribution in [0.3, 0.4) is 0 Å². The number of morpholine rings is 1. The lowest BCUT2D eigenvalue weighted by atomic mass is 10.3. The van der Waals surface area contributed by atoms with Gasteiger partial charge in [-0.25, -0.2) is 0 Å². The van der Waals surface area contributed by atoms with Crippen LogP contribution in [0.25, 0.3) is 0 Å². The first-order chi connectivity index (χ1) is 10.1.